The Morgan fingerprint density at radius 3 is 1.45 bits per heavy atom. The van der Waals surface area contributed by atoms with Crippen LogP contribution in [0.4, 0.5) is 0 Å². The summed E-state index contributed by atoms with van der Waals surface area (Å²) in [6, 6.07) is 0.735. The second-order valence-electron chi connectivity index (χ2n) is 10.6. The van der Waals surface area contributed by atoms with E-state index in [0.717, 1.165) is 44.6 Å². The Kier molecular flexibility index (Phi) is 29.6. The summed E-state index contributed by atoms with van der Waals surface area (Å²) in [6.07, 6.45) is 23.8. The van der Waals surface area contributed by atoms with Gasteiger partial charge in [-0.2, -0.15) is 0 Å². The first-order valence-electron chi connectivity index (χ1n) is 16.8. The van der Waals surface area contributed by atoms with Gasteiger partial charge in [0.15, 0.2) is 0 Å². The first-order chi connectivity index (χ1) is 19.6. The van der Waals surface area contributed by atoms with Crippen molar-refractivity contribution >= 4 is 14.7 Å². The summed E-state index contributed by atoms with van der Waals surface area (Å²) in [7, 11) is -2.60. The first kappa shape index (κ1) is 38.7. The molecular weight excluding hydrogens is 514 g/mol. The molecule has 0 heterocycles. The van der Waals surface area contributed by atoms with Crippen molar-refractivity contribution in [3.8, 4) is 23.7 Å². The molecule has 0 atom stereocenters. The first-order valence-corrected chi connectivity index (χ1v) is 18.7. The van der Waals surface area contributed by atoms with Crippen LogP contribution in [0.2, 0.25) is 6.04 Å². The number of rotatable bonds is 28. The second-order valence-corrected chi connectivity index (χ2v) is 13.3. The number of carbonyl (C=O) groups is 1. The molecule has 1 amide bonds. The van der Waals surface area contributed by atoms with E-state index in [1.54, 1.807) is 0 Å². The fourth-order valence-electron chi connectivity index (χ4n) is 4.74. The fraction of sp³-hybridized carbons (Fsp3) is 0.853. The number of nitrogens with one attached hydrogen (secondary N) is 1. The largest absolute Gasteiger partial charge is 0.500 e. The molecular formula is C34H63NO4Si. The van der Waals surface area contributed by atoms with Crippen molar-refractivity contribution in [3.05, 3.63) is 0 Å². The van der Waals surface area contributed by atoms with Gasteiger partial charge in [0.2, 0.25) is 5.91 Å². The van der Waals surface area contributed by atoms with Crippen LogP contribution in [0, 0.1) is 23.7 Å². The van der Waals surface area contributed by atoms with Gasteiger partial charge in [-0.25, -0.2) is 0 Å². The molecule has 0 aliphatic carbocycles. The summed E-state index contributed by atoms with van der Waals surface area (Å²) in [5.74, 6) is 12.6. The Bertz CT molecular complexity index is 675. The van der Waals surface area contributed by atoms with Crippen LogP contribution in [0.1, 0.15) is 156 Å². The molecule has 1 N–H and O–H groups in total. The third kappa shape index (κ3) is 25.6. The van der Waals surface area contributed by atoms with Crippen molar-refractivity contribution in [3.63, 3.8) is 0 Å². The molecule has 0 fully saturated rings. The molecule has 0 aliphatic rings. The van der Waals surface area contributed by atoms with Gasteiger partial charge in [0.25, 0.3) is 0 Å². The molecule has 0 aliphatic heterocycles. The van der Waals surface area contributed by atoms with E-state index in [-0.39, 0.29) is 5.91 Å². The molecule has 0 spiro atoms. The zero-order valence-electron chi connectivity index (χ0n) is 26.8. The Morgan fingerprint density at radius 1 is 0.575 bits per heavy atom. The van der Waals surface area contributed by atoms with E-state index in [9.17, 15) is 4.79 Å². The molecule has 0 bridgehead atoms. The Hall–Kier alpha value is -1.31. The number of unbranched alkanes of at least 4 members (excludes halogenated alkanes) is 16. The lowest BCUT2D eigenvalue weighted by Gasteiger charge is -2.28. The molecule has 0 rings (SSSR count). The molecule has 40 heavy (non-hydrogen) atoms. The van der Waals surface area contributed by atoms with Crippen LogP contribution < -0.4 is 5.32 Å². The van der Waals surface area contributed by atoms with Crippen molar-refractivity contribution in [2.45, 2.75) is 162 Å². The number of hydrogen-bond acceptors (Lipinski definition) is 4. The van der Waals surface area contributed by atoms with Crippen molar-refractivity contribution in [1.29, 1.82) is 0 Å². The standard InChI is InChI=1S/C34H63NO4Si/c1-5-9-10-11-12-13-14-15-16-17-18-19-20-21-22-23-24-25-26-27-28-29-31-34(36)35-32-30-33-40(37-6-2,38-7-3)39-8-4/h5-18,23-33H2,1-4H3,(H,35,36). The minimum absolute atomic E-state index is 0.140. The summed E-state index contributed by atoms with van der Waals surface area (Å²) in [4.78, 5) is 12.1. The summed E-state index contributed by atoms with van der Waals surface area (Å²) >= 11 is 0. The third-order valence-electron chi connectivity index (χ3n) is 6.92. The second kappa shape index (κ2) is 30.6. The van der Waals surface area contributed by atoms with Gasteiger partial charge in [-0.05, 0) is 58.3 Å². The van der Waals surface area contributed by atoms with E-state index in [0.29, 0.717) is 32.8 Å². The van der Waals surface area contributed by atoms with E-state index < -0.39 is 8.80 Å². The minimum atomic E-state index is -2.60. The van der Waals surface area contributed by atoms with Crippen LogP contribution in [0.15, 0.2) is 0 Å². The van der Waals surface area contributed by atoms with Crippen molar-refractivity contribution < 1.29 is 18.1 Å². The Balaban J connectivity index is 3.58. The van der Waals surface area contributed by atoms with E-state index in [1.165, 1.54) is 83.5 Å². The summed E-state index contributed by atoms with van der Waals surface area (Å²) < 4.78 is 17.6. The molecule has 0 saturated carbocycles. The Morgan fingerprint density at radius 2 is 1.00 bits per heavy atom. The lowest BCUT2D eigenvalue weighted by molar-refractivity contribution is -0.121. The third-order valence-corrected chi connectivity index (χ3v) is 10.1. The molecule has 0 unspecified atom stereocenters. The highest BCUT2D eigenvalue weighted by molar-refractivity contribution is 6.60. The van der Waals surface area contributed by atoms with Gasteiger partial charge in [0.1, 0.15) is 0 Å². The lowest BCUT2D eigenvalue weighted by atomic mass is 10.1. The normalized spacial score (nSPS) is 11.0. The molecule has 232 valence electrons. The number of amides is 1. The van der Waals surface area contributed by atoms with Crippen molar-refractivity contribution in [2.24, 2.45) is 0 Å². The summed E-state index contributed by atoms with van der Waals surface area (Å²) in [5.41, 5.74) is 0. The van der Waals surface area contributed by atoms with Crippen LogP contribution in [-0.4, -0.2) is 41.1 Å². The van der Waals surface area contributed by atoms with Gasteiger partial charge in [0, 0.05) is 51.7 Å². The number of hydrogen-bond donors (Lipinski definition) is 1. The topological polar surface area (TPSA) is 56.8 Å². The van der Waals surface area contributed by atoms with Gasteiger partial charge in [-0.3, -0.25) is 4.79 Å². The molecule has 0 aromatic rings. The van der Waals surface area contributed by atoms with Crippen LogP contribution in [0.3, 0.4) is 0 Å². The highest BCUT2D eigenvalue weighted by Gasteiger charge is 2.39. The van der Waals surface area contributed by atoms with E-state index >= 15 is 0 Å². The van der Waals surface area contributed by atoms with Gasteiger partial charge < -0.3 is 18.6 Å². The quantitative estimate of drug-likeness (QED) is 0.0573. The van der Waals surface area contributed by atoms with Crippen LogP contribution in [0.25, 0.3) is 0 Å². The Labute approximate surface area is 250 Å². The predicted molar refractivity (Wildman–Crippen MR) is 172 cm³/mol. The minimum Gasteiger partial charge on any atom is -0.374 e. The van der Waals surface area contributed by atoms with Crippen LogP contribution >= 0.6 is 0 Å². The van der Waals surface area contributed by atoms with E-state index in [1.807, 2.05) is 20.8 Å². The smallest absolute Gasteiger partial charge is 0.374 e. The maximum atomic E-state index is 12.1. The van der Waals surface area contributed by atoms with Gasteiger partial charge >= 0.3 is 8.80 Å². The molecule has 0 aromatic heterocycles. The number of carbonyl (C=O) groups excluding carboxylic acids is 1. The summed E-state index contributed by atoms with van der Waals surface area (Å²) in [6.45, 7) is 10.6. The molecule has 5 nitrogen and oxygen atoms in total. The lowest BCUT2D eigenvalue weighted by Crippen LogP contribution is -2.46. The monoisotopic (exact) mass is 577 g/mol. The summed E-state index contributed by atoms with van der Waals surface area (Å²) in [5, 5.41) is 3.04. The zero-order chi connectivity index (χ0) is 29.4. The average Bonchev–Trinajstić information content (AvgIpc) is 2.94. The maximum Gasteiger partial charge on any atom is 0.500 e. The maximum absolute atomic E-state index is 12.1. The predicted octanol–water partition coefficient (Wildman–Crippen LogP) is 8.98. The molecule has 0 saturated heterocycles. The van der Waals surface area contributed by atoms with E-state index in [2.05, 4.69) is 35.9 Å². The van der Waals surface area contributed by atoms with Gasteiger partial charge in [0.05, 0.1) is 0 Å². The van der Waals surface area contributed by atoms with Gasteiger partial charge in [-0.1, -0.05) is 102 Å². The van der Waals surface area contributed by atoms with Crippen molar-refractivity contribution in [2.75, 3.05) is 26.4 Å². The molecule has 0 radical (unpaired) electrons. The highest BCUT2D eigenvalue weighted by Crippen LogP contribution is 2.18. The molecule has 0 aromatic carbocycles. The van der Waals surface area contributed by atoms with Crippen molar-refractivity contribution in [1.82, 2.24) is 5.32 Å². The fourth-order valence-corrected chi connectivity index (χ4v) is 7.35. The average molecular weight is 578 g/mol. The molecule has 6 heteroatoms. The SMILES string of the molecule is CCCCCCCCCCCCC#CC#CCCCCCCCCC(=O)NCCC[Si](OCC)(OCC)OCC. The van der Waals surface area contributed by atoms with Crippen LogP contribution in [0.5, 0.6) is 0 Å². The van der Waals surface area contributed by atoms with Gasteiger partial charge in [-0.15, -0.1) is 0 Å². The zero-order valence-corrected chi connectivity index (χ0v) is 27.8. The van der Waals surface area contributed by atoms with E-state index in [4.69, 9.17) is 13.3 Å². The highest BCUT2D eigenvalue weighted by atomic mass is 28.4. The van der Waals surface area contributed by atoms with Crippen LogP contribution in [-0.2, 0) is 18.1 Å².